The van der Waals surface area contributed by atoms with Crippen molar-refractivity contribution >= 4 is 29.0 Å². The molecule has 2 N–H and O–H groups in total. The van der Waals surface area contributed by atoms with Crippen molar-refractivity contribution < 1.29 is 32.2 Å². The standard InChI is InChI=1S/C18H18ClF3N2O.C13H18.C12H16O2.C11H16O/c1-17(2,3)11-4-6-12(7-5-11)23-16(25)24-13-8-9-15(19)14(10-13)18(20,21)22;1-13(2,3)12-6-4-5-11(9-12)10-7-8-10;1-12(2,3)9-4-5-10-11(8-9)14-7-6-13-10;1-11(2,3)9-5-7-10(12-4)8-6-9/h4-10H,1-3H3,(H2,23,24,25);4-6,9-10H,7-8H2,1-3H3;4-5,8H,6-7H2,1-3H3;5-8H,1-4H3. The number of nitrogens with one attached hydrogen (secondary N) is 2. The molecule has 1 heterocycles. The first-order valence-electron chi connectivity index (χ1n) is 21.9. The molecule has 346 valence electrons. The molecule has 0 bridgehead atoms. The van der Waals surface area contributed by atoms with Crippen LogP contribution in [0.2, 0.25) is 5.02 Å². The average molecular weight is 902 g/mol. The largest absolute Gasteiger partial charge is 0.497 e. The van der Waals surface area contributed by atoms with Crippen molar-refractivity contribution in [2.45, 2.75) is 130 Å². The summed E-state index contributed by atoms with van der Waals surface area (Å²) in [5, 5.41) is 4.52. The lowest BCUT2D eigenvalue weighted by Crippen LogP contribution is -2.20. The Labute approximate surface area is 385 Å². The smallest absolute Gasteiger partial charge is 0.417 e. The van der Waals surface area contributed by atoms with Crippen molar-refractivity contribution in [2.24, 2.45) is 0 Å². The first kappa shape index (κ1) is 51.5. The Morgan fingerprint density at radius 2 is 1.05 bits per heavy atom. The molecule has 5 aromatic rings. The van der Waals surface area contributed by atoms with Gasteiger partial charge in [0.1, 0.15) is 19.0 Å². The Morgan fingerprint density at radius 3 is 1.55 bits per heavy atom. The number of fused-ring (bicyclic) bond motifs is 1. The minimum absolute atomic E-state index is 0.000497. The summed E-state index contributed by atoms with van der Waals surface area (Å²) in [5.74, 6) is 3.54. The van der Waals surface area contributed by atoms with Gasteiger partial charge in [0.05, 0.1) is 17.7 Å². The predicted octanol–water partition coefficient (Wildman–Crippen LogP) is 15.9. The van der Waals surface area contributed by atoms with Gasteiger partial charge in [0.25, 0.3) is 0 Å². The molecule has 0 spiro atoms. The lowest BCUT2D eigenvalue weighted by atomic mass is 9.86. The minimum atomic E-state index is -4.59. The molecular weight excluding hydrogens is 833 g/mol. The molecule has 2 amide bonds. The van der Waals surface area contributed by atoms with E-state index in [0.29, 0.717) is 24.3 Å². The summed E-state index contributed by atoms with van der Waals surface area (Å²) in [7, 11) is 1.69. The van der Waals surface area contributed by atoms with Gasteiger partial charge in [-0.05, 0) is 123 Å². The summed E-state index contributed by atoms with van der Waals surface area (Å²) in [6.07, 6.45) is -1.80. The van der Waals surface area contributed by atoms with Crippen LogP contribution in [-0.2, 0) is 27.8 Å². The van der Waals surface area contributed by atoms with E-state index in [-0.39, 0.29) is 21.9 Å². The maximum Gasteiger partial charge on any atom is 0.417 e. The molecule has 2 aliphatic rings. The molecule has 0 saturated heterocycles. The molecule has 1 fully saturated rings. The number of methoxy groups -OCH3 is 1. The molecule has 1 saturated carbocycles. The van der Waals surface area contributed by atoms with Crippen LogP contribution in [0.25, 0.3) is 0 Å². The van der Waals surface area contributed by atoms with E-state index in [1.807, 2.05) is 30.3 Å². The molecular formula is C54H68ClF3N2O4. The predicted molar refractivity (Wildman–Crippen MR) is 259 cm³/mol. The molecule has 1 aliphatic carbocycles. The summed E-state index contributed by atoms with van der Waals surface area (Å²) in [4.78, 5) is 12.0. The zero-order chi connectivity index (χ0) is 47.7. The maximum atomic E-state index is 12.8. The van der Waals surface area contributed by atoms with Gasteiger partial charge < -0.3 is 24.8 Å². The fraction of sp³-hybridized carbons (Fsp3) is 0.426. The molecule has 6 nitrogen and oxygen atoms in total. The van der Waals surface area contributed by atoms with Gasteiger partial charge in [-0.3, -0.25) is 0 Å². The number of carbonyl (C=O) groups is 1. The third-order valence-corrected chi connectivity index (χ3v) is 11.0. The van der Waals surface area contributed by atoms with Crippen molar-refractivity contribution in [2.75, 3.05) is 31.0 Å². The second-order valence-corrected chi connectivity index (χ2v) is 20.7. The van der Waals surface area contributed by atoms with Crippen LogP contribution in [0.15, 0.2) is 109 Å². The van der Waals surface area contributed by atoms with E-state index in [1.54, 1.807) is 24.8 Å². The fourth-order valence-corrected chi connectivity index (χ4v) is 6.67. The van der Waals surface area contributed by atoms with E-state index in [0.717, 1.165) is 40.9 Å². The van der Waals surface area contributed by atoms with Gasteiger partial charge >= 0.3 is 12.2 Å². The van der Waals surface area contributed by atoms with Gasteiger partial charge in [0, 0.05) is 11.4 Å². The van der Waals surface area contributed by atoms with Crippen LogP contribution in [0.1, 0.15) is 135 Å². The molecule has 5 aromatic carbocycles. The number of hydrogen-bond donors (Lipinski definition) is 2. The zero-order valence-electron chi connectivity index (χ0n) is 39.9. The third kappa shape index (κ3) is 16.1. The number of alkyl halides is 3. The zero-order valence-corrected chi connectivity index (χ0v) is 40.7. The second kappa shape index (κ2) is 21.2. The van der Waals surface area contributed by atoms with Crippen molar-refractivity contribution in [1.82, 2.24) is 0 Å². The lowest BCUT2D eigenvalue weighted by Gasteiger charge is -2.23. The van der Waals surface area contributed by atoms with Crippen LogP contribution in [0.3, 0.4) is 0 Å². The molecule has 7 rings (SSSR count). The van der Waals surface area contributed by atoms with Crippen molar-refractivity contribution in [3.63, 3.8) is 0 Å². The highest BCUT2D eigenvalue weighted by atomic mass is 35.5. The van der Waals surface area contributed by atoms with E-state index >= 15 is 0 Å². The van der Waals surface area contributed by atoms with E-state index in [1.165, 1.54) is 35.6 Å². The van der Waals surface area contributed by atoms with Crippen LogP contribution < -0.4 is 24.8 Å². The van der Waals surface area contributed by atoms with Crippen LogP contribution in [0, 0.1) is 0 Å². The molecule has 0 unspecified atom stereocenters. The van der Waals surface area contributed by atoms with E-state index in [4.69, 9.17) is 25.8 Å². The van der Waals surface area contributed by atoms with Crippen LogP contribution >= 0.6 is 11.6 Å². The van der Waals surface area contributed by atoms with E-state index in [9.17, 15) is 18.0 Å². The topological polar surface area (TPSA) is 68.8 Å². The number of anilines is 2. The van der Waals surface area contributed by atoms with Gasteiger partial charge in [-0.15, -0.1) is 0 Å². The number of hydrogen-bond acceptors (Lipinski definition) is 4. The van der Waals surface area contributed by atoms with Crippen molar-refractivity contribution in [3.8, 4) is 17.2 Å². The normalized spacial score (nSPS) is 13.7. The summed E-state index contributed by atoms with van der Waals surface area (Å²) in [6, 6.07) is 33.3. The van der Waals surface area contributed by atoms with E-state index < -0.39 is 22.8 Å². The Kier molecular flexibility index (Phi) is 17.1. The van der Waals surface area contributed by atoms with Gasteiger partial charge in [-0.25, -0.2) is 4.79 Å². The Hall–Kier alpha value is -5.15. The van der Waals surface area contributed by atoms with Crippen LogP contribution in [0.4, 0.5) is 29.3 Å². The number of benzene rings is 5. The van der Waals surface area contributed by atoms with E-state index in [2.05, 4.69) is 142 Å². The van der Waals surface area contributed by atoms with Crippen molar-refractivity contribution in [3.05, 3.63) is 148 Å². The highest BCUT2D eigenvalue weighted by molar-refractivity contribution is 6.31. The summed E-state index contributed by atoms with van der Waals surface area (Å²) in [6.45, 7) is 27.5. The number of amides is 2. The van der Waals surface area contributed by atoms with Gasteiger partial charge in [0.2, 0.25) is 0 Å². The molecule has 0 aromatic heterocycles. The lowest BCUT2D eigenvalue weighted by molar-refractivity contribution is -0.137. The number of ether oxygens (including phenoxy) is 3. The molecule has 0 atom stereocenters. The first-order valence-corrected chi connectivity index (χ1v) is 22.2. The average Bonchev–Trinajstić information content (AvgIpc) is 4.07. The fourth-order valence-electron chi connectivity index (χ4n) is 6.44. The number of rotatable bonds is 4. The van der Waals surface area contributed by atoms with Gasteiger partial charge in [0.15, 0.2) is 11.5 Å². The highest BCUT2D eigenvalue weighted by Crippen LogP contribution is 2.41. The van der Waals surface area contributed by atoms with Gasteiger partial charge in [-0.2, -0.15) is 13.2 Å². The number of urea groups is 1. The molecule has 64 heavy (non-hydrogen) atoms. The summed E-state index contributed by atoms with van der Waals surface area (Å²) < 4.78 is 54.6. The Bertz CT molecular complexity index is 2280. The Balaban J connectivity index is 0.000000197. The SMILES string of the molecule is CC(C)(C)c1ccc(NC(=O)Nc2ccc(Cl)c(C(F)(F)F)c2)cc1.CC(C)(C)c1ccc2c(c1)OCCO2.CC(C)(C)c1cccc(C2CC2)c1.COc1ccc(C(C)(C)C)cc1. The third-order valence-electron chi connectivity index (χ3n) is 10.7. The van der Waals surface area contributed by atoms with Crippen molar-refractivity contribution in [1.29, 1.82) is 0 Å². The molecule has 10 heteroatoms. The second-order valence-electron chi connectivity index (χ2n) is 20.3. The van der Waals surface area contributed by atoms with Gasteiger partial charge in [-0.1, -0.05) is 149 Å². The first-order chi connectivity index (χ1) is 29.6. The monoisotopic (exact) mass is 900 g/mol. The maximum absolute atomic E-state index is 12.8. The quantitative estimate of drug-likeness (QED) is 0.189. The molecule has 1 aliphatic heterocycles. The number of carbonyl (C=O) groups excluding carboxylic acids is 1. The van der Waals surface area contributed by atoms with Crippen LogP contribution in [0.5, 0.6) is 17.2 Å². The minimum Gasteiger partial charge on any atom is -0.497 e. The van der Waals surface area contributed by atoms with Crippen LogP contribution in [-0.4, -0.2) is 26.4 Å². The summed E-state index contributed by atoms with van der Waals surface area (Å²) >= 11 is 5.55. The number of halogens is 4. The Morgan fingerprint density at radius 1 is 0.578 bits per heavy atom. The summed E-state index contributed by atoms with van der Waals surface area (Å²) in [5.41, 5.74) is 6.95. The molecule has 0 radical (unpaired) electrons. The highest BCUT2D eigenvalue weighted by Gasteiger charge is 2.33.